The topological polar surface area (TPSA) is 99.2 Å². The minimum atomic E-state index is -1.02. The Balaban J connectivity index is 2.13. The van der Waals surface area contributed by atoms with Crippen LogP contribution in [0.2, 0.25) is 0 Å². The fourth-order valence-corrected chi connectivity index (χ4v) is 1.84. The van der Waals surface area contributed by atoms with Crippen molar-refractivity contribution in [2.75, 3.05) is 5.32 Å². The lowest BCUT2D eigenvalue weighted by Crippen LogP contribution is -2.02. The van der Waals surface area contributed by atoms with Crippen LogP contribution in [0.1, 0.15) is 33.1 Å². The molecule has 2 aromatic rings. The summed E-state index contributed by atoms with van der Waals surface area (Å²) in [5.74, 6) is 0.399. The third-order valence-electron chi connectivity index (χ3n) is 2.73. The van der Waals surface area contributed by atoms with E-state index in [1.807, 2.05) is 0 Å². The Morgan fingerprint density at radius 2 is 2.20 bits per heavy atom. The molecule has 2 N–H and O–H groups in total. The Labute approximate surface area is 115 Å². The van der Waals surface area contributed by atoms with Gasteiger partial charge in [-0.3, -0.25) is 0 Å². The predicted octanol–water partition coefficient (Wildman–Crippen LogP) is 2.47. The van der Waals surface area contributed by atoms with Gasteiger partial charge in [0.25, 0.3) is 0 Å². The standard InChI is InChI=1S/C14H13N3O3/c1-8-3-10(6-15)4-13(17-8)16-7-11-5-12(14(18)19)9(2)20-11/h3-5H,7H2,1-2H3,(H,16,17)(H,18,19). The normalized spacial score (nSPS) is 10.1. The monoisotopic (exact) mass is 271 g/mol. The van der Waals surface area contributed by atoms with Gasteiger partial charge in [-0.05, 0) is 32.0 Å². The summed E-state index contributed by atoms with van der Waals surface area (Å²) < 4.78 is 5.35. The molecule has 2 heterocycles. The molecular formula is C14H13N3O3. The number of nitrogens with one attached hydrogen (secondary N) is 1. The summed E-state index contributed by atoms with van der Waals surface area (Å²) >= 11 is 0. The fraction of sp³-hybridized carbons (Fsp3) is 0.214. The predicted molar refractivity (Wildman–Crippen MR) is 71.4 cm³/mol. The van der Waals surface area contributed by atoms with Crippen molar-refractivity contribution in [2.24, 2.45) is 0 Å². The van der Waals surface area contributed by atoms with Crippen molar-refractivity contribution in [2.45, 2.75) is 20.4 Å². The molecule has 0 aromatic carbocycles. The molecule has 0 aliphatic carbocycles. The van der Waals surface area contributed by atoms with Crippen molar-refractivity contribution >= 4 is 11.8 Å². The molecule has 2 aromatic heterocycles. The van der Waals surface area contributed by atoms with Crippen LogP contribution in [0.4, 0.5) is 5.82 Å². The first-order chi connectivity index (χ1) is 9.49. The minimum absolute atomic E-state index is 0.150. The van der Waals surface area contributed by atoms with Crippen LogP contribution in [-0.2, 0) is 6.54 Å². The van der Waals surface area contributed by atoms with Gasteiger partial charge in [0.2, 0.25) is 0 Å². The lowest BCUT2D eigenvalue weighted by atomic mass is 10.2. The Hall–Kier alpha value is -2.81. The maximum Gasteiger partial charge on any atom is 0.339 e. The van der Waals surface area contributed by atoms with E-state index >= 15 is 0 Å². The number of aromatic carboxylic acids is 1. The molecule has 0 aliphatic rings. The summed E-state index contributed by atoms with van der Waals surface area (Å²) in [5, 5.41) is 20.8. The maximum atomic E-state index is 10.9. The first-order valence-corrected chi connectivity index (χ1v) is 5.95. The van der Waals surface area contributed by atoms with Crippen molar-refractivity contribution in [3.8, 4) is 6.07 Å². The fourth-order valence-electron chi connectivity index (χ4n) is 1.84. The summed E-state index contributed by atoms with van der Waals surface area (Å²) in [7, 11) is 0. The molecule has 0 atom stereocenters. The first-order valence-electron chi connectivity index (χ1n) is 5.95. The Morgan fingerprint density at radius 3 is 2.80 bits per heavy atom. The number of aryl methyl sites for hydroxylation is 2. The van der Waals surface area contributed by atoms with Gasteiger partial charge in [-0.25, -0.2) is 9.78 Å². The largest absolute Gasteiger partial charge is 0.478 e. The summed E-state index contributed by atoms with van der Waals surface area (Å²) in [5.41, 5.74) is 1.40. The second-order valence-corrected chi connectivity index (χ2v) is 4.34. The number of furan rings is 1. The second kappa shape index (κ2) is 5.45. The third-order valence-corrected chi connectivity index (χ3v) is 2.73. The Kier molecular flexibility index (Phi) is 3.71. The van der Waals surface area contributed by atoms with Gasteiger partial charge in [0.1, 0.15) is 22.9 Å². The van der Waals surface area contributed by atoms with E-state index in [0.717, 1.165) is 5.69 Å². The molecule has 0 fully saturated rings. The number of nitriles is 1. The number of nitrogens with zero attached hydrogens (tertiary/aromatic N) is 2. The number of pyridine rings is 1. The molecule has 0 bridgehead atoms. The van der Waals surface area contributed by atoms with Crippen LogP contribution in [0, 0.1) is 25.2 Å². The molecule has 6 nitrogen and oxygen atoms in total. The van der Waals surface area contributed by atoms with Gasteiger partial charge in [0.15, 0.2) is 0 Å². The van der Waals surface area contributed by atoms with E-state index in [-0.39, 0.29) is 5.56 Å². The van der Waals surface area contributed by atoms with Crippen LogP contribution < -0.4 is 5.32 Å². The maximum absolute atomic E-state index is 10.9. The van der Waals surface area contributed by atoms with Crippen LogP contribution in [-0.4, -0.2) is 16.1 Å². The van der Waals surface area contributed by atoms with Gasteiger partial charge in [0.05, 0.1) is 18.2 Å². The van der Waals surface area contributed by atoms with E-state index in [0.29, 0.717) is 29.4 Å². The highest BCUT2D eigenvalue weighted by atomic mass is 16.4. The number of carboxylic acids is 1. The first kappa shape index (κ1) is 13.6. The highest BCUT2D eigenvalue weighted by Crippen LogP contribution is 2.16. The van der Waals surface area contributed by atoms with Gasteiger partial charge in [0, 0.05) is 5.69 Å². The molecule has 20 heavy (non-hydrogen) atoms. The molecule has 2 rings (SSSR count). The molecule has 0 saturated carbocycles. The molecule has 0 radical (unpaired) electrons. The van der Waals surface area contributed by atoms with E-state index < -0.39 is 5.97 Å². The highest BCUT2D eigenvalue weighted by Gasteiger charge is 2.13. The number of rotatable bonds is 4. The molecule has 0 spiro atoms. The SMILES string of the molecule is Cc1cc(C#N)cc(NCc2cc(C(=O)O)c(C)o2)n1. The highest BCUT2D eigenvalue weighted by molar-refractivity contribution is 5.88. The van der Waals surface area contributed by atoms with Crippen molar-refractivity contribution in [1.29, 1.82) is 5.26 Å². The van der Waals surface area contributed by atoms with Crippen molar-refractivity contribution < 1.29 is 14.3 Å². The third kappa shape index (κ3) is 2.95. The van der Waals surface area contributed by atoms with Crippen molar-refractivity contribution in [3.63, 3.8) is 0 Å². The number of carboxylic acid groups (broad SMARTS) is 1. The van der Waals surface area contributed by atoms with E-state index in [1.54, 1.807) is 26.0 Å². The molecule has 0 amide bonds. The number of hydrogen-bond donors (Lipinski definition) is 2. The van der Waals surface area contributed by atoms with E-state index in [1.165, 1.54) is 6.07 Å². The lowest BCUT2D eigenvalue weighted by Gasteiger charge is -2.05. The smallest absolute Gasteiger partial charge is 0.339 e. The summed E-state index contributed by atoms with van der Waals surface area (Å²) in [6.07, 6.45) is 0. The lowest BCUT2D eigenvalue weighted by molar-refractivity contribution is 0.0695. The second-order valence-electron chi connectivity index (χ2n) is 4.34. The van der Waals surface area contributed by atoms with Crippen molar-refractivity contribution in [3.05, 3.63) is 46.5 Å². The van der Waals surface area contributed by atoms with Crippen LogP contribution in [0.3, 0.4) is 0 Å². The number of anilines is 1. The van der Waals surface area contributed by atoms with Crippen LogP contribution in [0.25, 0.3) is 0 Å². The molecule has 0 aliphatic heterocycles. The van der Waals surface area contributed by atoms with Crippen LogP contribution >= 0.6 is 0 Å². The van der Waals surface area contributed by atoms with Gasteiger partial charge in [-0.2, -0.15) is 5.26 Å². The van der Waals surface area contributed by atoms with Gasteiger partial charge in [-0.1, -0.05) is 0 Å². The zero-order chi connectivity index (χ0) is 14.7. The van der Waals surface area contributed by atoms with Crippen LogP contribution in [0.5, 0.6) is 0 Å². The van der Waals surface area contributed by atoms with Crippen LogP contribution in [0.15, 0.2) is 22.6 Å². The van der Waals surface area contributed by atoms with Gasteiger partial charge >= 0.3 is 5.97 Å². The zero-order valence-corrected chi connectivity index (χ0v) is 11.1. The minimum Gasteiger partial charge on any atom is -0.478 e. The molecular weight excluding hydrogens is 258 g/mol. The van der Waals surface area contributed by atoms with Gasteiger partial charge < -0.3 is 14.8 Å². The summed E-state index contributed by atoms with van der Waals surface area (Å²) in [6, 6.07) is 6.84. The molecule has 0 saturated heterocycles. The van der Waals surface area contributed by atoms with E-state index in [4.69, 9.17) is 14.8 Å². The molecule has 102 valence electrons. The average molecular weight is 271 g/mol. The molecule has 6 heteroatoms. The summed E-state index contributed by atoms with van der Waals surface area (Å²) in [6.45, 7) is 3.70. The average Bonchev–Trinajstić information content (AvgIpc) is 2.77. The number of carbonyl (C=O) groups is 1. The van der Waals surface area contributed by atoms with E-state index in [2.05, 4.69) is 16.4 Å². The number of aromatic nitrogens is 1. The quantitative estimate of drug-likeness (QED) is 0.886. The number of hydrogen-bond acceptors (Lipinski definition) is 5. The van der Waals surface area contributed by atoms with Crippen molar-refractivity contribution in [1.82, 2.24) is 4.98 Å². The zero-order valence-electron chi connectivity index (χ0n) is 11.1. The van der Waals surface area contributed by atoms with E-state index in [9.17, 15) is 4.79 Å². The Bertz CT molecular complexity index is 698. The molecule has 0 unspecified atom stereocenters. The van der Waals surface area contributed by atoms with Gasteiger partial charge in [-0.15, -0.1) is 0 Å². The summed E-state index contributed by atoms with van der Waals surface area (Å²) in [4.78, 5) is 15.1. The Morgan fingerprint density at radius 1 is 1.45 bits per heavy atom.